The van der Waals surface area contributed by atoms with Crippen molar-refractivity contribution >= 4 is 28.9 Å². The van der Waals surface area contributed by atoms with Gasteiger partial charge in [-0.1, -0.05) is 13.2 Å². The van der Waals surface area contributed by atoms with E-state index in [1.165, 1.54) is 18.7 Å². The quantitative estimate of drug-likeness (QED) is 0.687. The number of anilines is 1. The Bertz CT molecular complexity index is 527. The summed E-state index contributed by atoms with van der Waals surface area (Å²) in [5, 5.41) is 16.7. The van der Waals surface area contributed by atoms with Crippen LogP contribution in [0.2, 0.25) is 0 Å². The van der Waals surface area contributed by atoms with Gasteiger partial charge in [-0.2, -0.15) is 0 Å². The largest absolute Gasteiger partial charge is 0.507 e. The number of benzene rings is 1. The van der Waals surface area contributed by atoms with E-state index in [4.69, 9.17) is 0 Å². The molecule has 0 fully saturated rings. The topological polar surface area (TPSA) is 61.4 Å². The molecular weight excluding hydrogens is 272 g/mol. The Morgan fingerprint density at radius 2 is 2.10 bits per heavy atom. The molecule has 1 rings (SSSR count). The second kappa shape index (κ2) is 7.65. The summed E-state index contributed by atoms with van der Waals surface area (Å²) in [5.74, 6) is 0.594. The molecule has 5 heteroatoms. The van der Waals surface area contributed by atoms with Gasteiger partial charge in [-0.05, 0) is 26.0 Å². The first-order chi connectivity index (χ1) is 9.43. The van der Waals surface area contributed by atoms with Gasteiger partial charge in [-0.3, -0.25) is 4.79 Å². The molecule has 0 saturated carbocycles. The van der Waals surface area contributed by atoms with Gasteiger partial charge in [0.15, 0.2) is 0 Å². The van der Waals surface area contributed by atoms with Crippen LogP contribution in [0.5, 0.6) is 5.75 Å². The molecule has 0 amide bonds. The molecule has 0 saturated heterocycles. The van der Waals surface area contributed by atoms with Gasteiger partial charge in [-0.15, -0.1) is 11.8 Å². The van der Waals surface area contributed by atoms with Crippen molar-refractivity contribution in [1.29, 1.82) is 0 Å². The Kier molecular flexibility index (Phi) is 6.18. The summed E-state index contributed by atoms with van der Waals surface area (Å²) in [4.78, 5) is 10.9. The monoisotopic (exact) mass is 292 g/mol. The molecule has 0 atom stereocenters. The summed E-state index contributed by atoms with van der Waals surface area (Å²) in [7, 11) is 0. The second-order valence-electron chi connectivity index (χ2n) is 4.28. The lowest BCUT2D eigenvalue weighted by Crippen LogP contribution is -2.09. The van der Waals surface area contributed by atoms with Gasteiger partial charge in [-0.25, -0.2) is 0 Å². The number of hydrogen-bond acceptors (Lipinski definition) is 5. The van der Waals surface area contributed by atoms with Crippen LogP contribution in [-0.4, -0.2) is 23.2 Å². The number of phenols is 1. The summed E-state index contributed by atoms with van der Waals surface area (Å²) in [6.07, 6.45) is 0. The molecule has 0 heterocycles. The Labute approximate surface area is 124 Å². The highest BCUT2D eigenvalue weighted by atomic mass is 32.2. The molecule has 0 aromatic heterocycles. The van der Waals surface area contributed by atoms with Crippen LogP contribution in [0, 0.1) is 0 Å². The number of phenolic OH excluding ortho intramolecular Hbond substituents is 1. The maximum Gasteiger partial charge on any atom is 0.140 e. The fourth-order valence-electron chi connectivity index (χ4n) is 1.56. The fourth-order valence-corrected chi connectivity index (χ4v) is 2.13. The number of hydrogen-bond donors (Lipinski definition) is 3. The Hall–Kier alpha value is -1.88. The smallest absolute Gasteiger partial charge is 0.140 e. The maximum atomic E-state index is 10.9. The van der Waals surface area contributed by atoms with Gasteiger partial charge in [0.1, 0.15) is 11.5 Å². The van der Waals surface area contributed by atoms with E-state index < -0.39 is 0 Å². The average Bonchev–Trinajstić information content (AvgIpc) is 2.36. The standard InChI is InChI=1S/C15H20N2O2S/c1-5-16-13-6-7-14(15(19)8-13)11(3)17-12(4)20-9-10(2)18/h6-8,16-17,19H,3-5,9H2,1-2H3. The fraction of sp³-hybridized carbons (Fsp3) is 0.267. The van der Waals surface area contributed by atoms with Gasteiger partial charge in [0.2, 0.25) is 0 Å². The second-order valence-corrected chi connectivity index (χ2v) is 5.35. The number of carbonyl (C=O) groups excluding carboxylic acids is 1. The Morgan fingerprint density at radius 3 is 2.65 bits per heavy atom. The van der Waals surface area contributed by atoms with Gasteiger partial charge in [0.05, 0.1) is 10.8 Å². The minimum Gasteiger partial charge on any atom is -0.507 e. The summed E-state index contributed by atoms with van der Waals surface area (Å²) in [5.41, 5.74) is 2.01. The van der Waals surface area contributed by atoms with E-state index in [-0.39, 0.29) is 11.5 Å². The first-order valence-electron chi connectivity index (χ1n) is 6.28. The number of aromatic hydroxyl groups is 1. The van der Waals surface area contributed by atoms with Crippen LogP contribution in [0.25, 0.3) is 5.70 Å². The number of nitrogens with one attached hydrogen (secondary N) is 2. The van der Waals surface area contributed by atoms with Crippen molar-refractivity contribution in [3.05, 3.63) is 41.9 Å². The van der Waals surface area contributed by atoms with Crippen molar-refractivity contribution in [3.8, 4) is 5.75 Å². The number of Topliss-reactive ketones (excluding diaryl/α,β-unsaturated/α-hetero) is 1. The molecule has 1 aromatic carbocycles. The molecule has 0 bridgehead atoms. The zero-order valence-corrected chi connectivity index (χ0v) is 12.6. The van der Waals surface area contributed by atoms with Crippen LogP contribution in [-0.2, 0) is 4.79 Å². The van der Waals surface area contributed by atoms with Gasteiger partial charge in [0, 0.05) is 29.6 Å². The lowest BCUT2D eigenvalue weighted by Gasteiger charge is -2.13. The molecule has 1 aromatic rings. The van der Waals surface area contributed by atoms with E-state index in [1.807, 2.05) is 13.0 Å². The highest BCUT2D eigenvalue weighted by molar-refractivity contribution is 8.03. The molecule has 0 spiro atoms. The molecule has 0 aliphatic heterocycles. The van der Waals surface area contributed by atoms with Crippen LogP contribution in [0.4, 0.5) is 5.69 Å². The third-order valence-corrected chi connectivity index (χ3v) is 3.45. The van der Waals surface area contributed by atoms with Gasteiger partial charge >= 0.3 is 0 Å². The lowest BCUT2D eigenvalue weighted by molar-refractivity contribution is -0.114. The summed E-state index contributed by atoms with van der Waals surface area (Å²) < 4.78 is 0. The normalized spacial score (nSPS) is 9.90. The Balaban J connectivity index is 2.68. The zero-order valence-electron chi connectivity index (χ0n) is 11.8. The van der Waals surface area contributed by atoms with Crippen LogP contribution in [0.3, 0.4) is 0 Å². The molecule has 20 heavy (non-hydrogen) atoms. The van der Waals surface area contributed by atoms with E-state index >= 15 is 0 Å². The van der Waals surface area contributed by atoms with Crippen LogP contribution in [0.15, 0.2) is 36.4 Å². The predicted molar refractivity (Wildman–Crippen MR) is 86.7 cm³/mol. The summed E-state index contributed by atoms with van der Waals surface area (Å²) >= 11 is 1.31. The molecule has 4 nitrogen and oxygen atoms in total. The van der Waals surface area contributed by atoms with E-state index in [9.17, 15) is 9.90 Å². The minimum atomic E-state index is 0.0846. The SMILES string of the molecule is C=C(NC(=C)c1ccc(NCC)cc1O)SCC(C)=O. The number of rotatable bonds is 8. The van der Waals surface area contributed by atoms with E-state index in [0.29, 0.717) is 22.0 Å². The van der Waals surface area contributed by atoms with Crippen molar-refractivity contribution in [3.63, 3.8) is 0 Å². The van der Waals surface area contributed by atoms with E-state index in [0.717, 1.165) is 12.2 Å². The van der Waals surface area contributed by atoms with E-state index in [1.54, 1.807) is 12.1 Å². The number of ketones is 1. The van der Waals surface area contributed by atoms with Crippen molar-refractivity contribution in [2.75, 3.05) is 17.6 Å². The van der Waals surface area contributed by atoms with Crippen LogP contribution in [0.1, 0.15) is 19.4 Å². The van der Waals surface area contributed by atoms with Crippen molar-refractivity contribution in [2.45, 2.75) is 13.8 Å². The van der Waals surface area contributed by atoms with E-state index in [2.05, 4.69) is 23.8 Å². The first-order valence-corrected chi connectivity index (χ1v) is 7.27. The third-order valence-electron chi connectivity index (χ3n) is 2.44. The third kappa shape index (κ3) is 5.01. The molecule has 108 valence electrons. The molecule has 0 aliphatic rings. The van der Waals surface area contributed by atoms with Crippen molar-refractivity contribution < 1.29 is 9.90 Å². The predicted octanol–water partition coefficient (Wildman–Crippen LogP) is 3.18. The first kappa shape index (κ1) is 16.2. The van der Waals surface area contributed by atoms with Gasteiger partial charge < -0.3 is 15.7 Å². The lowest BCUT2D eigenvalue weighted by atomic mass is 10.1. The van der Waals surface area contributed by atoms with Crippen LogP contribution < -0.4 is 10.6 Å². The Morgan fingerprint density at radius 1 is 1.40 bits per heavy atom. The average molecular weight is 292 g/mol. The minimum absolute atomic E-state index is 0.0846. The van der Waals surface area contributed by atoms with Gasteiger partial charge in [0.25, 0.3) is 0 Å². The summed E-state index contributed by atoms with van der Waals surface area (Å²) in [6, 6.07) is 5.31. The van der Waals surface area contributed by atoms with Crippen molar-refractivity contribution in [2.24, 2.45) is 0 Å². The number of carbonyl (C=O) groups is 1. The molecular formula is C15H20N2O2S. The van der Waals surface area contributed by atoms with Crippen molar-refractivity contribution in [1.82, 2.24) is 5.32 Å². The maximum absolute atomic E-state index is 10.9. The molecule has 0 unspecified atom stereocenters. The number of thioether (sulfide) groups is 1. The zero-order chi connectivity index (χ0) is 15.1. The molecule has 0 aliphatic carbocycles. The highest BCUT2D eigenvalue weighted by Crippen LogP contribution is 2.27. The highest BCUT2D eigenvalue weighted by Gasteiger charge is 2.08. The summed E-state index contributed by atoms with van der Waals surface area (Å²) in [6.45, 7) is 12.0. The van der Waals surface area contributed by atoms with Crippen LogP contribution >= 0.6 is 11.8 Å². The molecule has 0 radical (unpaired) electrons. The molecule has 3 N–H and O–H groups in total.